The minimum atomic E-state index is -0.167. The second-order valence-corrected chi connectivity index (χ2v) is 6.10. The van der Waals surface area contributed by atoms with Crippen LogP contribution in [0, 0.1) is 5.82 Å². The van der Waals surface area contributed by atoms with Gasteiger partial charge in [0.15, 0.2) is 0 Å². The van der Waals surface area contributed by atoms with Crippen LogP contribution < -0.4 is 5.32 Å². The maximum atomic E-state index is 12.8. The Balaban J connectivity index is 1.67. The van der Waals surface area contributed by atoms with Crippen molar-refractivity contribution in [2.45, 2.75) is 38.6 Å². The third kappa shape index (κ3) is 6.37. The topological polar surface area (TPSA) is 12.0 Å². The lowest BCUT2D eigenvalue weighted by molar-refractivity contribution is 0.534. The molecule has 0 aromatic heterocycles. The van der Waals surface area contributed by atoms with Crippen molar-refractivity contribution in [3.05, 3.63) is 83.7 Å². The largest absolute Gasteiger partial charge is 0.314 e. The number of aryl methyl sites for hydroxylation is 1. The Morgan fingerprint density at radius 3 is 2.26 bits per heavy atom. The summed E-state index contributed by atoms with van der Waals surface area (Å²) in [6, 6.07) is 16.0. The first-order valence-electron chi connectivity index (χ1n) is 8.34. The van der Waals surface area contributed by atoms with Gasteiger partial charge in [0.2, 0.25) is 0 Å². The van der Waals surface area contributed by atoms with Crippen molar-refractivity contribution in [2.75, 3.05) is 6.54 Å². The van der Waals surface area contributed by atoms with Crippen molar-refractivity contribution in [2.24, 2.45) is 0 Å². The van der Waals surface area contributed by atoms with Crippen LogP contribution >= 0.6 is 0 Å². The average molecular weight is 311 g/mol. The molecule has 0 spiro atoms. The van der Waals surface area contributed by atoms with Gasteiger partial charge in [0.25, 0.3) is 0 Å². The first-order valence-corrected chi connectivity index (χ1v) is 8.34. The van der Waals surface area contributed by atoms with E-state index in [9.17, 15) is 4.39 Å². The zero-order valence-corrected chi connectivity index (χ0v) is 13.9. The summed E-state index contributed by atoms with van der Waals surface area (Å²) >= 11 is 0. The molecule has 2 heteroatoms. The summed E-state index contributed by atoms with van der Waals surface area (Å²) < 4.78 is 12.8. The highest BCUT2D eigenvalue weighted by Gasteiger charge is 2.03. The molecule has 0 saturated heterocycles. The van der Waals surface area contributed by atoms with E-state index >= 15 is 0 Å². The monoisotopic (exact) mass is 311 g/mol. The van der Waals surface area contributed by atoms with Crippen molar-refractivity contribution in [1.29, 1.82) is 0 Å². The molecule has 122 valence electrons. The Bertz CT molecular complexity index is 586. The quantitative estimate of drug-likeness (QED) is 0.522. The zero-order valence-electron chi connectivity index (χ0n) is 13.9. The van der Waals surface area contributed by atoms with Crippen LogP contribution in [0.25, 0.3) is 0 Å². The number of allylic oxidation sites excluding steroid dienone is 1. The smallest absolute Gasteiger partial charge is 0.123 e. The molecule has 0 heterocycles. The van der Waals surface area contributed by atoms with Gasteiger partial charge >= 0.3 is 0 Å². The Morgan fingerprint density at radius 1 is 1.00 bits per heavy atom. The summed E-state index contributed by atoms with van der Waals surface area (Å²) in [5, 5.41) is 3.56. The molecule has 0 aliphatic heterocycles. The highest BCUT2D eigenvalue weighted by Crippen LogP contribution is 2.08. The van der Waals surface area contributed by atoms with Crippen molar-refractivity contribution in [1.82, 2.24) is 5.32 Å². The van der Waals surface area contributed by atoms with Crippen LogP contribution in [0.1, 0.15) is 30.0 Å². The average Bonchev–Trinajstić information content (AvgIpc) is 2.55. The van der Waals surface area contributed by atoms with E-state index in [1.54, 1.807) is 0 Å². The van der Waals surface area contributed by atoms with Gasteiger partial charge in [-0.15, -0.1) is 6.58 Å². The fourth-order valence-electron chi connectivity index (χ4n) is 2.70. The molecule has 23 heavy (non-hydrogen) atoms. The fraction of sp³-hybridized carbons (Fsp3) is 0.333. The molecule has 0 radical (unpaired) electrons. The van der Waals surface area contributed by atoms with Crippen LogP contribution in [0.4, 0.5) is 4.39 Å². The molecule has 1 unspecified atom stereocenters. The molecular formula is C21H26FN. The third-order valence-corrected chi connectivity index (χ3v) is 3.99. The minimum Gasteiger partial charge on any atom is -0.314 e. The van der Waals surface area contributed by atoms with E-state index in [4.69, 9.17) is 0 Å². The Labute approximate surface area is 139 Å². The number of halogens is 1. The van der Waals surface area contributed by atoms with Crippen LogP contribution in [0.3, 0.4) is 0 Å². The predicted molar refractivity (Wildman–Crippen MR) is 96.2 cm³/mol. The van der Waals surface area contributed by atoms with Gasteiger partial charge < -0.3 is 5.32 Å². The second-order valence-electron chi connectivity index (χ2n) is 6.10. The Morgan fingerprint density at radius 2 is 1.61 bits per heavy atom. The van der Waals surface area contributed by atoms with E-state index in [-0.39, 0.29) is 5.82 Å². The van der Waals surface area contributed by atoms with Gasteiger partial charge in [0.05, 0.1) is 0 Å². The molecule has 0 aliphatic rings. The van der Waals surface area contributed by atoms with Crippen LogP contribution in [0.5, 0.6) is 0 Å². The molecule has 2 rings (SSSR count). The van der Waals surface area contributed by atoms with Gasteiger partial charge in [0.1, 0.15) is 5.82 Å². The fourth-order valence-corrected chi connectivity index (χ4v) is 2.70. The van der Waals surface area contributed by atoms with Crippen LogP contribution in [0.2, 0.25) is 0 Å². The van der Waals surface area contributed by atoms with Crippen LogP contribution in [0.15, 0.2) is 61.2 Å². The molecule has 1 N–H and O–H groups in total. The molecule has 0 aliphatic carbocycles. The molecule has 2 aromatic carbocycles. The molecule has 1 nitrogen and oxygen atoms in total. The molecule has 0 fully saturated rings. The van der Waals surface area contributed by atoms with Crippen molar-refractivity contribution in [3.8, 4) is 0 Å². The normalized spacial score (nSPS) is 12.1. The van der Waals surface area contributed by atoms with Gasteiger partial charge in [0, 0.05) is 6.04 Å². The van der Waals surface area contributed by atoms with Gasteiger partial charge in [-0.3, -0.25) is 0 Å². The van der Waals surface area contributed by atoms with Gasteiger partial charge in [-0.2, -0.15) is 0 Å². The van der Waals surface area contributed by atoms with Crippen LogP contribution in [-0.4, -0.2) is 12.6 Å². The van der Waals surface area contributed by atoms with E-state index in [0.29, 0.717) is 6.04 Å². The Kier molecular flexibility index (Phi) is 7.02. The van der Waals surface area contributed by atoms with E-state index < -0.39 is 0 Å². The first-order chi connectivity index (χ1) is 11.2. The summed E-state index contributed by atoms with van der Waals surface area (Å²) in [6.07, 6.45) is 5.94. The summed E-state index contributed by atoms with van der Waals surface area (Å²) in [7, 11) is 0. The van der Waals surface area contributed by atoms with E-state index in [1.807, 2.05) is 18.2 Å². The molecule has 0 saturated carbocycles. The molecule has 1 atom stereocenters. The van der Waals surface area contributed by atoms with Crippen molar-refractivity contribution < 1.29 is 4.39 Å². The highest BCUT2D eigenvalue weighted by atomic mass is 19.1. The Hall–Kier alpha value is -1.93. The third-order valence-electron chi connectivity index (χ3n) is 3.99. The lowest BCUT2D eigenvalue weighted by Crippen LogP contribution is -2.29. The van der Waals surface area contributed by atoms with Crippen molar-refractivity contribution in [3.63, 3.8) is 0 Å². The minimum absolute atomic E-state index is 0.167. The lowest BCUT2D eigenvalue weighted by atomic mass is 10.0. The predicted octanol–water partition coefficient (Wildman–Crippen LogP) is 4.71. The number of benzene rings is 2. The SMILES string of the molecule is C=CCc1ccc(CC(C)NCCCc2ccc(F)cc2)cc1. The van der Waals surface area contributed by atoms with Gasteiger partial charge in [-0.1, -0.05) is 42.5 Å². The molecule has 2 aromatic rings. The van der Waals surface area contributed by atoms with Gasteiger partial charge in [-0.25, -0.2) is 4.39 Å². The lowest BCUT2D eigenvalue weighted by Gasteiger charge is -2.14. The van der Waals surface area contributed by atoms with Crippen molar-refractivity contribution >= 4 is 0 Å². The molecular weight excluding hydrogens is 285 g/mol. The summed E-state index contributed by atoms with van der Waals surface area (Å²) in [5.41, 5.74) is 3.86. The molecule has 0 bridgehead atoms. The van der Waals surface area contributed by atoms with E-state index in [2.05, 4.69) is 43.1 Å². The van der Waals surface area contributed by atoms with E-state index in [1.165, 1.54) is 28.8 Å². The second kappa shape index (κ2) is 9.26. The maximum Gasteiger partial charge on any atom is 0.123 e. The summed E-state index contributed by atoms with van der Waals surface area (Å²) in [6.45, 7) is 6.96. The van der Waals surface area contributed by atoms with E-state index in [0.717, 1.165) is 32.2 Å². The highest BCUT2D eigenvalue weighted by molar-refractivity contribution is 5.24. The van der Waals surface area contributed by atoms with Gasteiger partial charge in [-0.05, 0) is 68.0 Å². The number of rotatable bonds is 9. The number of hydrogen-bond acceptors (Lipinski definition) is 1. The summed E-state index contributed by atoms with van der Waals surface area (Å²) in [5.74, 6) is -0.167. The number of hydrogen-bond donors (Lipinski definition) is 1. The zero-order chi connectivity index (χ0) is 16.5. The maximum absolute atomic E-state index is 12.8. The standard InChI is InChI=1S/C21H26FN/c1-3-5-18-7-9-20(10-8-18)16-17(2)23-15-4-6-19-11-13-21(22)14-12-19/h3,7-14,17,23H,1,4-6,15-16H2,2H3. The van der Waals surface area contributed by atoms with Crippen LogP contribution in [-0.2, 0) is 19.3 Å². The summed E-state index contributed by atoms with van der Waals surface area (Å²) in [4.78, 5) is 0. The molecule has 0 amide bonds. The number of nitrogens with one attached hydrogen (secondary N) is 1. The first kappa shape index (κ1) is 17.4.